The number of carbonyl (C=O) groups excluding carboxylic acids is 1. The van der Waals surface area contributed by atoms with Crippen LogP contribution in [-0.2, 0) is 14.9 Å². The maximum atomic E-state index is 12.5. The first kappa shape index (κ1) is 18.7. The quantitative estimate of drug-likeness (QED) is 0.679. The molecule has 0 N–H and O–H groups in total. The number of benzene rings is 2. The number of rotatable bonds is 5. The van der Waals surface area contributed by atoms with Crippen molar-refractivity contribution in [2.75, 3.05) is 23.0 Å². The van der Waals surface area contributed by atoms with Gasteiger partial charge in [-0.2, -0.15) is 8.42 Å². The van der Waals surface area contributed by atoms with E-state index in [0.29, 0.717) is 29.0 Å². The molecule has 0 unspecified atom stereocenters. The lowest BCUT2D eigenvalue weighted by Crippen LogP contribution is -2.23. The molecule has 2 saturated heterocycles. The molecule has 0 atom stereocenters. The molecule has 8 heteroatoms. The molecule has 0 spiro atoms. The molecule has 0 aromatic heterocycles. The molecular weight excluding hydrogens is 402 g/mol. The summed E-state index contributed by atoms with van der Waals surface area (Å²) < 4.78 is 30.7. The van der Waals surface area contributed by atoms with Crippen molar-refractivity contribution in [2.45, 2.75) is 22.3 Å². The maximum Gasteiger partial charge on any atom is 0.339 e. The third-order valence-electron chi connectivity index (χ3n) is 4.49. The van der Waals surface area contributed by atoms with E-state index < -0.39 is 10.1 Å². The third-order valence-corrected chi connectivity index (χ3v) is 8.86. The van der Waals surface area contributed by atoms with Gasteiger partial charge < -0.3 is 9.08 Å². The average Bonchev–Trinajstić information content (AvgIpc) is 3.34. The summed E-state index contributed by atoms with van der Waals surface area (Å²) in [7, 11) is -3.91. The van der Waals surface area contributed by atoms with E-state index >= 15 is 0 Å². The molecule has 27 heavy (non-hydrogen) atoms. The minimum absolute atomic E-state index is 0.0699. The van der Waals surface area contributed by atoms with Crippen LogP contribution in [0.2, 0.25) is 0 Å². The summed E-state index contributed by atoms with van der Waals surface area (Å²) in [5.41, 5.74) is 1.89. The lowest BCUT2D eigenvalue weighted by Gasteiger charge is -2.16. The molecule has 142 valence electrons. The lowest BCUT2D eigenvalue weighted by molar-refractivity contribution is -0.117. The predicted octanol–water partition coefficient (Wildman–Crippen LogP) is 4.06. The minimum Gasteiger partial charge on any atom is -0.379 e. The van der Waals surface area contributed by atoms with Crippen LogP contribution in [0.25, 0.3) is 0 Å². The maximum absolute atomic E-state index is 12.5. The van der Waals surface area contributed by atoms with Gasteiger partial charge in [0, 0.05) is 30.2 Å². The van der Waals surface area contributed by atoms with Crippen molar-refractivity contribution in [1.82, 2.24) is 0 Å². The fraction of sp³-hybridized carbons (Fsp3) is 0.316. The van der Waals surface area contributed by atoms with Crippen LogP contribution in [0, 0.1) is 0 Å². The van der Waals surface area contributed by atoms with Gasteiger partial charge in [-0.3, -0.25) is 4.79 Å². The number of hydrogen-bond acceptors (Lipinski definition) is 6. The van der Waals surface area contributed by atoms with Gasteiger partial charge in [0.2, 0.25) is 5.91 Å². The Labute approximate surface area is 167 Å². The Morgan fingerprint density at radius 3 is 2.22 bits per heavy atom. The van der Waals surface area contributed by atoms with Crippen LogP contribution in [-0.4, -0.2) is 32.4 Å². The van der Waals surface area contributed by atoms with Gasteiger partial charge in [0.15, 0.2) is 0 Å². The zero-order valence-electron chi connectivity index (χ0n) is 14.5. The van der Waals surface area contributed by atoms with Crippen LogP contribution < -0.4 is 9.08 Å². The van der Waals surface area contributed by atoms with E-state index in [1.165, 1.54) is 17.7 Å². The second-order valence-electron chi connectivity index (χ2n) is 6.32. The van der Waals surface area contributed by atoms with Crippen molar-refractivity contribution in [3.05, 3.63) is 54.1 Å². The fourth-order valence-electron chi connectivity index (χ4n) is 3.12. The van der Waals surface area contributed by atoms with Crippen LogP contribution in [0.4, 0.5) is 5.69 Å². The van der Waals surface area contributed by atoms with E-state index in [4.69, 9.17) is 4.18 Å². The van der Waals surface area contributed by atoms with Crippen LogP contribution in [0.15, 0.2) is 53.4 Å². The highest BCUT2D eigenvalue weighted by Crippen LogP contribution is 2.45. The van der Waals surface area contributed by atoms with Crippen molar-refractivity contribution in [3.8, 4) is 5.75 Å². The Morgan fingerprint density at radius 1 is 0.963 bits per heavy atom. The zero-order valence-corrected chi connectivity index (χ0v) is 17.0. The standard InChI is InChI=1S/C19H19NO4S3/c21-18-2-1-11-20(18)15-5-9-17(10-6-15)27(22,23)24-16-7-3-14(4-8-16)19-25-12-13-26-19/h3-10,19H,1-2,11-13H2. The summed E-state index contributed by atoms with van der Waals surface area (Å²) in [6, 6.07) is 13.5. The van der Waals surface area contributed by atoms with Gasteiger partial charge in [-0.25, -0.2) is 0 Å². The summed E-state index contributed by atoms with van der Waals surface area (Å²) in [6.07, 6.45) is 1.37. The van der Waals surface area contributed by atoms with Gasteiger partial charge in [-0.1, -0.05) is 12.1 Å². The minimum atomic E-state index is -3.91. The Balaban J connectivity index is 1.47. The molecule has 0 bridgehead atoms. The number of hydrogen-bond donors (Lipinski definition) is 0. The largest absolute Gasteiger partial charge is 0.379 e. The number of anilines is 1. The Kier molecular flexibility index (Phi) is 5.39. The van der Waals surface area contributed by atoms with Gasteiger partial charge in [-0.05, 0) is 48.4 Å². The zero-order chi connectivity index (χ0) is 18.9. The molecule has 5 nitrogen and oxygen atoms in total. The highest BCUT2D eigenvalue weighted by Gasteiger charge is 2.23. The normalized spacial score (nSPS) is 18.2. The first-order valence-corrected chi connectivity index (χ1v) is 12.2. The number of carbonyl (C=O) groups is 1. The Bertz CT molecular complexity index is 920. The molecular formula is C19H19NO4S3. The molecule has 2 aromatic carbocycles. The second kappa shape index (κ2) is 7.77. The number of nitrogens with zero attached hydrogens (tertiary/aromatic N) is 1. The van der Waals surface area contributed by atoms with Crippen LogP contribution >= 0.6 is 23.5 Å². The van der Waals surface area contributed by atoms with Crippen molar-refractivity contribution in [2.24, 2.45) is 0 Å². The van der Waals surface area contributed by atoms with Gasteiger partial charge >= 0.3 is 10.1 Å². The smallest absolute Gasteiger partial charge is 0.339 e. The predicted molar refractivity (Wildman–Crippen MR) is 110 cm³/mol. The van der Waals surface area contributed by atoms with E-state index in [-0.39, 0.29) is 10.8 Å². The van der Waals surface area contributed by atoms with Crippen LogP contribution in [0.5, 0.6) is 5.75 Å². The SMILES string of the molecule is O=C1CCCN1c1ccc(S(=O)(=O)Oc2ccc(C3SCCS3)cc2)cc1. The van der Waals surface area contributed by atoms with Gasteiger partial charge in [-0.15, -0.1) is 23.5 Å². The summed E-state index contributed by atoms with van der Waals surface area (Å²) in [4.78, 5) is 13.5. The monoisotopic (exact) mass is 421 g/mol. The fourth-order valence-corrected chi connectivity index (χ4v) is 6.91. The topological polar surface area (TPSA) is 63.7 Å². The average molecular weight is 422 g/mol. The van der Waals surface area contributed by atoms with Crippen molar-refractivity contribution in [3.63, 3.8) is 0 Å². The van der Waals surface area contributed by atoms with E-state index in [9.17, 15) is 13.2 Å². The molecule has 1 amide bonds. The molecule has 0 radical (unpaired) electrons. The molecule has 2 fully saturated rings. The summed E-state index contributed by atoms with van der Waals surface area (Å²) in [5, 5.41) is 0. The summed E-state index contributed by atoms with van der Waals surface area (Å²) in [6.45, 7) is 0.672. The molecule has 0 saturated carbocycles. The molecule has 0 aliphatic carbocycles. The van der Waals surface area contributed by atoms with Gasteiger partial charge in [0.1, 0.15) is 10.6 Å². The van der Waals surface area contributed by atoms with Crippen molar-refractivity contribution in [1.29, 1.82) is 0 Å². The Morgan fingerprint density at radius 2 is 1.63 bits per heavy atom. The van der Waals surface area contributed by atoms with Crippen molar-refractivity contribution >= 4 is 45.2 Å². The molecule has 2 aliphatic rings. The third kappa shape index (κ3) is 4.12. The van der Waals surface area contributed by atoms with Gasteiger partial charge in [0.25, 0.3) is 0 Å². The van der Waals surface area contributed by atoms with E-state index in [0.717, 1.165) is 17.9 Å². The van der Waals surface area contributed by atoms with Crippen molar-refractivity contribution < 1.29 is 17.4 Å². The Hall–Kier alpha value is -1.64. The summed E-state index contributed by atoms with van der Waals surface area (Å²) in [5.74, 6) is 2.65. The van der Waals surface area contributed by atoms with E-state index in [1.807, 2.05) is 35.7 Å². The van der Waals surface area contributed by atoms with Gasteiger partial charge in [0.05, 0.1) is 4.58 Å². The first-order valence-electron chi connectivity index (χ1n) is 8.71. The summed E-state index contributed by atoms with van der Waals surface area (Å²) >= 11 is 3.80. The number of thioether (sulfide) groups is 2. The first-order chi connectivity index (χ1) is 13.0. The molecule has 4 rings (SSSR count). The number of amides is 1. The van der Waals surface area contributed by atoms with E-state index in [2.05, 4.69) is 0 Å². The second-order valence-corrected chi connectivity index (χ2v) is 10.6. The molecule has 2 aliphatic heterocycles. The van der Waals surface area contributed by atoms with Crippen LogP contribution in [0.1, 0.15) is 23.0 Å². The molecule has 2 heterocycles. The highest BCUT2D eigenvalue weighted by molar-refractivity contribution is 8.19. The van der Waals surface area contributed by atoms with E-state index in [1.54, 1.807) is 29.2 Å². The van der Waals surface area contributed by atoms with Crippen LogP contribution in [0.3, 0.4) is 0 Å². The molecule has 2 aromatic rings. The highest BCUT2D eigenvalue weighted by atomic mass is 32.2. The lowest BCUT2D eigenvalue weighted by atomic mass is 10.2.